The highest BCUT2D eigenvalue weighted by Gasteiger charge is 2.00. The summed E-state index contributed by atoms with van der Waals surface area (Å²) >= 11 is 0. The molecule has 3 N–H and O–H groups in total. The second-order valence-corrected chi connectivity index (χ2v) is 1.22. The monoisotopic (exact) mass is 133 g/mol. The van der Waals surface area contributed by atoms with Crippen LogP contribution in [0.4, 0.5) is 4.79 Å². The molecule has 0 aliphatic rings. The van der Waals surface area contributed by atoms with E-state index in [9.17, 15) is 9.59 Å². The first-order valence-electron chi connectivity index (χ1n) is 2.10. The van der Waals surface area contributed by atoms with Crippen molar-refractivity contribution in [1.29, 1.82) is 0 Å². The van der Waals surface area contributed by atoms with E-state index in [2.05, 4.69) is 0 Å². The number of carbonyl (C=O) groups is 2. The Labute approximate surface area is 51.4 Å². The van der Waals surface area contributed by atoms with Gasteiger partial charge in [-0.2, -0.15) is 0 Å². The molecule has 0 aliphatic heterocycles. The van der Waals surface area contributed by atoms with Crippen LogP contribution in [0, 0.1) is 0 Å². The lowest BCUT2D eigenvalue weighted by atomic mass is 11.0. The highest BCUT2D eigenvalue weighted by atomic mass is 16.5. The summed E-state index contributed by atoms with van der Waals surface area (Å²) in [4.78, 5) is 19.8. The van der Waals surface area contributed by atoms with Gasteiger partial charge in [0.25, 0.3) is 0 Å². The molecule has 0 aromatic heterocycles. The molecule has 0 saturated carbocycles. The molecule has 0 unspecified atom stereocenters. The van der Waals surface area contributed by atoms with Crippen molar-refractivity contribution in [3.05, 3.63) is 0 Å². The van der Waals surface area contributed by atoms with E-state index in [1.54, 1.807) is 0 Å². The minimum absolute atomic E-state index is 0.279. The maximum atomic E-state index is 10.2. The quantitative estimate of drug-likeness (QED) is 0.248. The number of hydroxylamine groups is 2. The summed E-state index contributed by atoms with van der Waals surface area (Å²) < 4.78 is 0. The van der Waals surface area contributed by atoms with Crippen LogP contribution in [0.5, 0.6) is 0 Å². The Morgan fingerprint density at radius 1 is 1.78 bits per heavy atom. The molecule has 9 heavy (non-hydrogen) atoms. The Morgan fingerprint density at radius 3 is 2.67 bits per heavy atom. The molecule has 0 radical (unpaired) electrons. The van der Waals surface area contributed by atoms with Crippen LogP contribution in [0.25, 0.3) is 0 Å². The van der Waals surface area contributed by atoms with Crippen molar-refractivity contribution >= 4 is 12.4 Å². The Balaban J connectivity index is 3.38. The number of amides is 3. The van der Waals surface area contributed by atoms with Gasteiger partial charge in [0.2, 0.25) is 6.41 Å². The minimum Gasteiger partial charge on any atom is -0.285 e. The summed E-state index contributed by atoms with van der Waals surface area (Å²) in [6.07, 6.45) is 0.279. The van der Waals surface area contributed by atoms with Gasteiger partial charge in [-0.3, -0.25) is 15.4 Å². The molecule has 0 spiro atoms. The highest BCUT2D eigenvalue weighted by Crippen LogP contribution is 1.70. The molecule has 52 valence electrons. The van der Waals surface area contributed by atoms with Gasteiger partial charge < -0.3 is 0 Å². The first-order valence-corrected chi connectivity index (χ1v) is 2.10. The molecule has 6 heteroatoms. The number of urea groups is 1. The molecule has 0 heterocycles. The second kappa shape index (κ2) is 3.67. The van der Waals surface area contributed by atoms with Crippen LogP contribution in [-0.4, -0.2) is 29.8 Å². The zero-order chi connectivity index (χ0) is 7.28. The van der Waals surface area contributed by atoms with E-state index in [-0.39, 0.29) is 6.41 Å². The van der Waals surface area contributed by atoms with E-state index in [0.717, 1.165) is 7.05 Å². The van der Waals surface area contributed by atoms with Gasteiger partial charge in [-0.25, -0.2) is 15.3 Å². The summed E-state index contributed by atoms with van der Waals surface area (Å²) in [5, 5.41) is 8.61. The molecule has 0 aromatic rings. The highest BCUT2D eigenvalue weighted by molar-refractivity contribution is 5.73. The summed E-state index contributed by atoms with van der Waals surface area (Å²) in [7, 11) is 1.13. The first-order chi connectivity index (χ1) is 4.18. The van der Waals surface area contributed by atoms with Crippen molar-refractivity contribution in [2.75, 3.05) is 7.05 Å². The third-order valence-electron chi connectivity index (χ3n) is 0.532. The Hall–Kier alpha value is -1.30. The lowest BCUT2D eigenvalue weighted by Gasteiger charge is -2.07. The fourth-order valence-corrected chi connectivity index (χ4v) is 0.172. The maximum Gasteiger partial charge on any atom is 0.359 e. The molecule has 0 aliphatic carbocycles. The fraction of sp³-hybridized carbons (Fsp3) is 0.333. The molecule has 0 bridgehead atoms. The fourth-order valence-electron chi connectivity index (χ4n) is 0.172. The molecule has 0 atom stereocenters. The summed E-state index contributed by atoms with van der Waals surface area (Å²) in [6.45, 7) is 0. The van der Waals surface area contributed by atoms with Crippen molar-refractivity contribution in [2.45, 2.75) is 0 Å². The van der Waals surface area contributed by atoms with Crippen molar-refractivity contribution in [3.8, 4) is 0 Å². The van der Waals surface area contributed by atoms with Gasteiger partial charge in [-0.05, 0) is 0 Å². The predicted octanol–water partition coefficient (Wildman–Crippen LogP) is -1.32. The SMILES string of the molecule is CN(O)C(=O)NNC=O. The number of carbonyl (C=O) groups excluding carboxylic acids is 2. The van der Waals surface area contributed by atoms with Gasteiger partial charge in [0.15, 0.2) is 0 Å². The van der Waals surface area contributed by atoms with Crippen LogP contribution >= 0.6 is 0 Å². The van der Waals surface area contributed by atoms with Crippen LogP contribution in [-0.2, 0) is 4.79 Å². The molecular weight excluding hydrogens is 126 g/mol. The first kappa shape index (κ1) is 7.70. The van der Waals surface area contributed by atoms with Gasteiger partial charge in [-0.1, -0.05) is 0 Å². The zero-order valence-corrected chi connectivity index (χ0v) is 4.79. The molecule has 6 nitrogen and oxygen atoms in total. The van der Waals surface area contributed by atoms with E-state index in [4.69, 9.17) is 5.21 Å². The van der Waals surface area contributed by atoms with Crippen LogP contribution in [0.3, 0.4) is 0 Å². The van der Waals surface area contributed by atoms with Crippen LogP contribution in [0.1, 0.15) is 0 Å². The van der Waals surface area contributed by atoms with E-state index >= 15 is 0 Å². The minimum atomic E-state index is -0.804. The maximum absolute atomic E-state index is 10.2. The Kier molecular flexibility index (Phi) is 3.14. The van der Waals surface area contributed by atoms with Crippen molar-refractivity contribution in [3.63, 3.8) is 0 Å². The number of nitrogens with zero attached hydrogens (tertiary/aromatic N) is 1. The summed E-state index contributed by atoms with van der Waals surface area (Å²) in [5.74, 6) is 0. The van der Waals surface area contributed by atoms with E-state index in [0.29, 0.717) is 5.06 Å². The van der Waals surface area contributed by atoms with E-state index < -0.39 is 6.03 Å². The van der Waals surface area contributed by atoms with Gasteiger partial charge in [0, 0.05) is 7.05 Å². The molecule has 0 aromatic carbocycles. The smallest absolute Gasteiger partial charge is 0.285 e. The molecule has 3 amide bonds. The summed E-state index contributed by atoms with van der Waals surface area (Å²) in [6, 6.07) is -0.804. The standard InChI is InChI=1S/C3H7N3O3/c1-6(9)3(8)5-4-2-7/h2,9H,1H3,(H,4,7)(H,5,8). The lowest BCUT2D eigenvalue weighted by molar-refractivity contribution is -0.110. The van der Waals surface area contributed by atoms with Gasteiger partial charge in [0.05, 0.1) is 0 Å². The van der Waals surface area contributed by atoms with E-state index in [1.165, 1.54) is 0 Å². The largest absolute Gasteiger partial charge is 0.359 e. The number of nitrogens with one attached hydrogen (secondary N) is 2. The van der Waals surface area contributed by atoms with Gasteiger partial charge >= 0.3 is 6.03 Å². The van der Waals surface area contributed by atoms with Crippen molar-refractivity contribution in [1.82, 2.24) is 15.9 Å². The lowest BCUT2D eigenvalue weighted by Crippen LogP contribution is -2.42. The third kappa shape index (κ3) is 3.30. The van der Waals surface area contributed by atoms with Gasteiger partial charge in [0.1, 0.15) is 0 Å². The Morgan fingerprint density at radius 2 is 2.33 bits per heavy atom. The van der Waals surface area contributed by atoms with Crippen LogP contribution in [0.2, 0.25) is 0 Å². The average molecular weight is 133 g/mol. The number of hydrogen-bond acceptors (Lipinski definition) is 3. The molecule has 0 fully saturated rings. The van der Waals surface area contributed by atoms with Crippen LogP contribution < -0.4 is 10.9 Å². The molecule has 0 rings (SSSR count). The molecule has 0 saturated heterocycles. The predicted molar refractivity (Wildman–Crippen MR) is 27.3 cm³/mol. The average Bonchev–Trinajstić information content (AvgIpc) is 1.82. The summed E-state index contributed by atoms with van der Waals surface area (Å²) in [5.41, 5.74) is 3.70. The van der Waals surface area contributed by atoms with E-state index in [1.807, 2.05) is 10.9 Å². The van der Waals surface area contributed by atoms with Crippen molar-refractivity contribution in [2.24, 2.45) is 0 Å². The zero-order valence-electron chi connectivity index (χ0n) is 4.79. The third-order valence-corrected chi connectivity index (χ3v) is 0.532. The van der Waals surface area contributed by atoms with Crippen LogP contribution in [0.15, 0.2) is 0 Å². The normalized spacial score (nSPS) is 7.78. The molecular formula is C3H7N3O3. The number of rotatable bonds is 2. The van der Waals surface area contributed by atoms with Gasteiger partial charge in [-0.15, -0.1) is 0 Å². The Bertz CT molecular complexity index is 113. The topological polar surface area (TPSA) is 81.7 Å². The number of hydrogen-bond donors (Lipinski definition) is 3. The van der Waals surface area contributed by atoms with Crippen molar-refractivity contribution < 1.29 is 14.8 Å². The second-order valence-electron chi connectivity index (χ2n) is 1.22. The number of hydrazine groups is 1.